The average molecular weight is 406 g/mol. The molecule has 3 aromatic rings. The van der Waals surface area contributed by atoms with Crippen LogP contribution in [0.2, 0.25) is 0 Å². The third-order valence-electron chi connectivity index (χ3n) is 5.50. The van der Waals surface area contributed by atoms with Crippen LogP contribution in [0.3, 0.4) is 0 Å². The molecule has 1 aliphatic rings. The topological polar surface area (TPSA) is 102 Å². The van der Waals surface area contributed by atoms with Gasteiger partial charge in [0.15, 0.2) is 5.82 Å². The Kier molecular flexibility index (Phi) is 6.04. The van der Waals surface area contributed by atoms with Crippen molar-refractivity contribution in [3.8, 4) is 11.3 Å². The van der Waals surface area contributed by atoms with Crippen molar-refractivity contribution in [3.63, 3.8) is 0 Å². The summed E-state index contributed by atoms with van der Waals surface area (Å²) in [5.41, 5.74) is 8.74. The van der Waals surface area contributed by atoms with E-state index >= 15 is 0 Å². The molecule has 30 heavy (non-hydrogen) atoms. The summed E-state index contributed by atoms with van der Waals surface area (Å²) in [6.45, 7) is 0.462. The highest BCUT2D eigenvalue weighted by Gasteiger charge is 2.30. The van der Waals surface area contributed by atoms with E-state index in [0.29, 0.717) is 12.4 Å². The fourth-order valence-electron chi connectivity index (χ4n) is 3.82. The number of hydrogen-bond acceptors (Lipinski definition) is 5. The number of nitrogens with two attached hydrogens (primary N) is 1. The van der Waals surface area contributed by atoms with Crippen LogP contribution in [0.1, 0.15) is 31.2 Å². The van der Waals surface area contributed by atoms with Gasteiger partial charge in [0.25, 0.3) is 0 Å². The van der Waals surface area contributed by atoms with Crippen molar-refractivity contribution in [1.29, 1.82) is 0 Å². The number of carbonyl (C=O) groups excluding carboxylic acids is 1. The second-order valence-corrected chi connectivity index (χ2v) is 7.75. The maximum Gasteiger partial charge on any atom is 0.323 e. The molecule has 2 aromatic heterocycles. The van der Waals surface area contributed by atoms with Crippen LogP contribution in [0.4, 0.5) is 10.6 Å². The lowest BCUT2D eigenvalue weighted by molar-refractivity contribution is 0.239. The van der Waals surface area contributed by atoms with Crippen LogP contribution in [-0.4, -0.2) is 37.9 Å². The Bertz CT molecular complexity index is 963. The molecule has 1 saturated carbocycles. The van der Waals surface area contributed by atoms with Gasteiger partial charge in [-0.3, -0.25) is 14.6 Å². The molecule has 0 unspecified atom stereocenters. The van der Waals surface area contributed by atoms with Crippen molar-refractivity contribution in [1.82, 2.24) is 25.1 Å². The van der Waals surface area contributed by atoms with Crippen molar-refractivity contribution in [3.05, 3.63) is 60.7 Å². The minimum absolute atomic E-state index is 0.0547. The second kappa shape index (κ2) is 9.04. The second-order valence-electron chi connectivity index (χ2n) is 7.75. The van der Waals surface area contributed by atoms with Gasteiger partial charge in [-0.2, -0.15) is 5.10 Å². The number of hydrogen-bond donors (Lipinski definition) is 2. The molecular formula is C22H27N7O. The first-order valence-electron chi connectivity index (χ1n) is 10.3. The highest BCUT2D eigenvalue weighted by Crippen LogP contribution is 2.27. The monoisotopic (exact) mass is 405 g/mol. The van der Waals surface area contributed by atoms with E-state index in [1.165, 1.54) is 0 Å². The molecule has 1 aliphatic carbocycles. The minimum atomic E-state index is -0.164. The quantitative estimate of drug-likeness (QED) is 0.680. The van der Waals surface area contributed by atoms with Gasteiger partial charge < -0.3 is 11.1 Å². The van der Waals surface area contributed by atoms with Gasteiger partial charge in [0.1, 0.15) is 0 Å². The van der Waals surface area contributed by atoms with Gasteiger partial charge in [0, 0.05) is 37.4 Å². The number of rotatable bonds is 5. The van der Waals surface area contributed by atoms with Crippen molar-refractivity contribution in [2.45, 2.75) is 44.3 Å². The Labute approximate surface area is 176 Å². The van der Waals surface area contributed by atoms with Gasteiger partial charge in [-0.25, -0.2) is 9.78 Å². The van der Waals surface area contributed by atoms with E-state index in [9.17, 15) is 4.79 Å². The van der Waals surface area contributed by atoms with Gasteiger partial charge in [0.05, 0.1) is 24.3 Å². The van der Waals surface area contributed by atoms with Crippen LogP contribution in [0.25, 0.3) is 11.3 Å². The minimum Gasteiger partial charge on any atom is -0.334 e. The predicted molar refractivity (Wildman–Crippen MR) is 116 cm³/mol. The highest BCUT2D eigenvalue weighted by atomic mass is 16.2. The van der Waals surface area contributed by atoms with Crippen LogP contribution in [0, 0.1) is 0 Å². The molecule has 0 bridgehead atoms. The number of aryl methyl sites for hydroxylation is 1. The number of benzene rings is 1. The normalized spacial score (nSPS) is 18.7. The third kappa shape index (κ3) is 4.65. The van der Waals surface area contributed by atoms with Crippen LogP contribution in [-0.2, 0) is 13.6 Å². The molecule has 0 radical (unpaired) electrons. The molecule has 156 valence electrons. The zero-order chi connectivity index (χ0) is 20.9. The van der Waals surface area contributed by atoms with Crippen molar-refractivity contribution in [2.75, 3.05) is 4.90 Å². The fraction of sp³-hybridized carbons (Fsp3) is 0.364. The lowest BCUT2D eigenvalue weighted by atomic mass is 9.91. The summed E-state index contributed by atoms with van der Waals surface area (Å²) in [6.07, 6.45) is 10.5. The Hall–Kier alpha value is -3.26. The van der Waals surface area contributed by atoms with Crippen molar-refractivity contribution < 1.29 is 4.79 Å². The lowest BCUT2D eigenvalue weighted by Crippen LogP contribution is -2.49. The molecule has 2 amide bonds. The van der Waals surface area contributed by atoms with E-state index in [1.807, 2.05) is 43.6 Å². The van der Waals surface area contributed by atoms with E-state index in [1.54, 1.807) is 28.2 Å². The van der Waals surface area contributed by atoms with Gasteiger partial charge in [-0.05, 0) is 31.2 Å². The smallest absolute Gasteiger partial charge is 0.323 e. The Morgan fingerprint density at radius 2 is 1.90 bits per heavy atom. The van der Waals surface area contributed by atoms with E-state index < -0.39 is 0 Å². The number of nitrogens with one attached hydrogen (secondary N) is 1. The summed E-state index contributed by atoms with van der Waals surface area (Å²) in [5.74, 6) is 0.550. The Balaban J connectivity index is 1.54. The molecule has 0 saturated heterocycles. The Morgan fingerprint density at radius 1 is 1.13 bits per heavy atom. The zero-order valence-electron chi connectivity index (χ0n) is 17.1. The maximum atomic E-state index is 13.2. The number of amides is 2. The number of anilines is 1. The van der Waals surface area contributed by atoms with Crippen molar-refractivity contribution >= 4 is 11.8 Å². The van der Waals surface area contributed by atoms with E-state index in [0.717, 1.165) is 42.5 Å². The number of urea groups is 1. The van der Waals surface area contributed by atoms with Crippen LogP contribution >= 0.6 is 0 Å². The van der Waals surface area contributed by atoms with Gasteiger partial charge in [-0.1, -0.05) is 30.3 Å². The number of carbonyl (C=O) groups is 1. The molecule has 2 heterocycles. The maximum absolute atomic E-state index is 13.2. The molecule has 8 heteroatoms. The van der Waals surface area contributed by atoms with E-state index in [-0.39, 0.29) is 18.1 Å². The molecule has 1 fully saturated rings. The average Bonchev–Trinajstić information content (AvgIpc) is 3.21. The molecule has 1 aromatic carbocycles. The molecule has 4 rings (SSSR count). The third-order valence-corrected chi connectivity index (χ3v) is 5.50. The van der Waals surface area contributed by atoms with Gasteiger partial charge >= 0.3 is 6.03 Å². The summed E-state index contributed by atoms with van der Waals surface area (Å²) in [4.78, 5) is 24.0. The van der Waals surface area contributed by atoms with Crippen LogP contribution < -0.4 is 16.0 Å². The SMILES string of the molecule is Cn1cc(-c2cnc(N(C(=O)NCc3ccccc3)C3CCC(N)CC3)cn2)cn1. The fourth-order valence-corrected chi connectivity index (χ4v) is 3.82. The highest BCUT2D eigenvalue weighted by molar-refractivity contribution is 5.91. The summed E-state index contributed by atoms with van der Waals surface area (Å²) >= 11 is 0. The predicted octanol–water partition coefficient (Wildman–Crippen LogP) is 2.86. The Morgan fingerprint density at radius 3 is 2.53 bits per heavy atom. The molecule has 0 aliphatic heterocycles. The first kappa shape index (κ1) is 20.0. The number of aromatic nitrogens is 4. The van der Waals surface area contributed by atoms with Crippen molar-refractivity contribution in [2.24, 2.45) is 12.8 Å². The summed E-state index contributed by atoms with van der Waals surface area (Å²) in [5, 5.41) is 7.21. The van der Waals surface area contributed by atoms with Crippen LogP contribution in [0.5, 0.6) is 0 Å². The van der Waals surface area contributed by atoms with E-state index in [4.69, 9.17) is 5.73 Å². The van der Waals surface area contributed by atoms with Gasteiger partial charge in [0.2, 0.25) is 0 Å². The molecule has 3 N–H and O–H groups in total. The zero-order valence-corrected chi connectivity index (χ0v) is 17.1. The first-order valence-corrected chi connectivity index (χ1v) is 10.3. The first-order chi connectivity index (χ1) is 14.6. The van der Waals surface area contributed by atoms with Gasteiger partial charge in [-0.15, -0.1) is 0 Å². The van der Waals surface area contributed by atoms with E-state index in [2.05, 4.69) is 20.4 Å². The van der Waals surface area contributed by atoms with Crippen LogP contribution in [0.15, 0.2) is 55.1 Å². The molecule has 8 nitrogen and oxygen atoms in total. The number of nitrogens with zero attached hydrogens (tertiary/aromatic N) is 5. The molecule has 0 spiro atoms. The largest absolute Gasteiger partial charge is 0.334 e. The molecule has 0 atom stereocenters. The molecular weight excluding hydrogens is 378 g/mol. The standard InChI is InChI=1S/C22H27N7O/c1-28-15-17(12-27-28)20-13-25-21(14-24-20)29(19-9-7-18(23)8-10-19)22(30)26-11-16-5-3-2-4-6-16/h2-6,12-15,18-19H,7-11,23H2,1H3,(H,26,30). The summed E-state index contributed by atoms with van der Waals surface area (Å²) in [6, 6.07) is 9.97. The summed E-state index contributed by atoms with van der Waals surface area (Å²) in [7, 11) is 1.86. The lowest BCUT2D eigenvalue weighted by Gasteiger charge is -2.35. The summed E-state index contributed by atoms with van der Waals surface area (Å²) < 4.78 is 1.72.